The van der Waals surface area contributed by atoms with Crippen LogP contribution in [-0.2, 0) is 4.74 Å². The van der Waals surface area contributed by atoms with E-state index in [4.69, 9.17) is 4.74 Å². The lowest BCUT2D eigenvalue weighted by Crippen LogP contribution is -2.28. The molecule has 0 radical (unpaired) electrons. The molecule has 1 fully saturated rings. The molecule has 2 aromatic rings. The summed E-state index contributed by atoms with van der Waals surface area (Å²) in [6.45, 7) is 28.7. The summed E-state index contributed by atoms with van der Waals surface area (Å²) in [4.78, 5) is 5.11. The van der Waals surface area contributed by atoms with E-state index in [0.29, 0.717) is 0 Å². The van der Waals surface area contributed by atoms with Crippen molar-refractivity contribution in [3.05, 3.63) is 92.7 Å². The van der Waals surface area contributed by atoms with Crippen LogP contribution in [0.1, 0.15) is 74.9 Å². The van der Waals surface area contributed by atoms with Gasteiger partial charge in [0.2, 0.25) is 0 Å². The quantitative estimate of drug-likeness (QED) is 0.411. The Labute approximate surface area is 225 Å². The average Bonchev–Trinajstić information content (AvgIpc) is 3.14. The molecule has 2 aliphatic rings. The van der Waals surface area contributed by atoms with Crippen LogP contribution in [-0.4, -0.2) is 13.1 Å². The van der Waals surface area contributed by atoms with Crippen molar-refractivity contribution in [2.24, 2.45) is 10.8 Å². The SMILES string of the molecule is Cc1cc(C)c(N2CCN(c3c(C)cc(C)cc3C)C2=C2C=C(C(C)(C)C)OC(C(C)(C)C)=C2)c(C)c1. The zero-order valence-electron chi connectivity index (χ0n) is 25.2. The van der Waals surface area contributed by atoms with Crippen LogP contribution in [0.4, 0.5) is 11.4 Å². The molecule has 2 aliphatic heterocycles. The molecule has 37 heavy (non-hydrogen) atoms. The molecule has 3 heteroatoms. The topological polar surface area (TPSA) is 15.7 Å². The van der Waals surface area contributed by atoms with Crippen molar-refractivity contribution in [3.63, 3.8) is 0 Å². The Morgan fingerprint density at radius 1 is 0.568 bits per heavy atom. The minimum Gasteiger partial charge on any atom is -0.465 e. The van der Waals surface area contributed by atoms with Crippen LogP contribution >= 0.6 is 0 Å². The van der Waals surface area contributed by atoms with E-state index in [1.807, 2.05) is 0 Å². The van der Waals surface area contributed by atoms with Crippen molar-refractivity contribution in [1.29, 1.82) is 0 Å². The molecule has 0 amide bonds. The molecule has 0 spiro atoms. The fraction of sp³-hybridized carbons (Fsp3) is 0.471. The first-order chi connectivity index (χ1) is 17.1. The molecular weight excluding hydrogens is 452 g/mol. The summed E-state index contributed by atoms with van der Waals surface area (Å²) in [6.07, 6.45) is 4.57. The molecule has 0 bridgehead atoms. The van der Waals surface area contributed by atoms with E-state index < -0.39 is 0 Å². The van der Waals surface area contributed by atoms with Crippen molar-refractivity contribution in [3.8, 4) is 0 Å². The fourth-order valence-corrected chi connectivity index (χ4v) is 5.87. The van der Waals surface area contributed by atoms with Crippen molar-refractivity contribution in [2.45, 2.75) is 83.1 Å². The molecule has 2 aromatic carbocycles. The molecule has 0 aliphatic carbocycles. The predicted molar refractivity (Wildman–Crippen MR) is 159 cm³/mol. The van der Waals surface area contributed by atoms with E-state index in [2.05, 4.69) is 129 Å². The maximum absolute atomic E-state index is 6.56. The first-order valence-corrected chi connectivity index (χ1v) is 13.6. The van der Waals surface area contributed by atoms with Crippen molar-refractivity contribution in [1.82, 2.24) is 0 Å². The lowest BCUT2D eigenvalue weighted by atomic mass is 9.87. The van der Waals surface area contributed by atoms with E-state index in [9.17, 15) is 0 Å². The number of allylic oxidation sites excluding steroid dienone is 5. The molecule has 2 heterocycles. The van der Waals surface area contributed by atoms with Gasteiger partial charge >= 0.3 is 0 Å². The number of aryl methyl sites for hydroxylation is 6. The zero-order chi connectivity index (χ0) is 27.4. The standard InChI is InChI=1S/C34H46N2O/c1-21-15-23(3)30(24(4)16-21)35-13-14-36(31-25(5)17-22(2)18-26(31)6)32(35)27-19-28(33(7,8)9)37-29(20-27)34(10,11)12/h15-20H,13-14H2,1-12H3. The van der Waals surface area contributed by atoms with Gasteiger partial charge in [0.25, 0.3) is 0 Å². The highest BCUT2D eigenvalue weighted by Crippen LogP contribution is 2.44. The van der Waals surface area contributed by atoms with E-state index in [1.165, 1.54) is 56.1 Å². The Kier molecular flexibility index (Phi) is 6.90. The van der Waals surface area contributed by atoms with Crippen LogP contribution in [0.5, 0.6) is 0 Å². The molecule has 198 valence electrons. The summed E-state index contributed by atoms with van der Waals surface area (Å²) < 4.78 is 6.56. The monoisotopic (exact) mass is 498 g/mol. The summed E-state index contributed by atoms with van der Waals surface area (Å²) in [5.41, 5.74) is 11.6. The molecule has 0 unspecified atom stereocenters. The minimum absolute atomic E-state index is 0.101. The van der Waals surface area contributed by atoms with Crippen LogP contribution in [0.25, 0.3) is 0 Å². The maximum atomic E-state index is 6.56. The number of nitrogens with zero attached hydrogens (tertiary/aromatic N) is 2. The highest BCUT2D eigenvalue weighted by Gasteiger charge is 2.36. The third-order valence-electron chi connectivity index (χ3n) is 7.40. The summed E-state index contributed by atoms with van der Waals surface area (Å²) >= 11 is 0. The highest BCUT2D eigenvalue weighted by atomic mass is 16.5. The van der Waals surface area contributed by atoms with Gasteiger partial charge < -0.3 is 14.5 Å². The maximum Gasteiger partial charge on any atom is 0.121 e. The number of hydrogen-bond acceptors (Lipinski definition) is 3. The van der Waals surface area contributed by atoms with Crippen LogP contribution in [0, 0.1) is 52.4 Å². The molecule has 3 nitrogen and oxygen atoms in total. The molecule has 4 rings (SSSR count). The Balaban J connectivity index is 2.06. The Bertz CT molecular complexity index is 1180. The fourth-order valence-electron chi connectivity index (χ4n) is 5.87. The number of rotatable bonds is 2. The third-order valence-corrected chi connectivity index (χ3v) is 7.40. The van der Waals surface area contributed by atoms with Crippen LogP contribution in [0.2, 0.25) is 0 Å². The minimum atomic E-state index is -0.101. The first kappa shape index (κ1) is 27.1. The summed E-state index contributed by atoms with van der Waals surface area (Å²) in [5.74, 6) is 3.28. The number of benzene rings is 2. The lowest BCUT2D eigenvalue weighted by Gasteiger charge is -2.35. The number of anilines is 2. The molecule has 0 aromatic heterocycles. The molecule has 0 atom stereocenters. The van der Waals surface area contributed by atoms with Gasteiger partial charge in [-0.25, -0.2) is 0 Å². The molecule has 1 saturated heterocycles. The Morgan fingerprint density at radius 2 is 0.892 bits per heavy atom. The van der Waals surface area contributed by atoms with E-state index >= 15 is 0 Å². The second-order valence-electron chi connectivity index (χ2n) is 13.2. The van der Waals surface area contributed by atoms with E-state index in [-0.39, 0.29) is 10.8 Å². The third kappa shape index (κ3) is 5.23. The molecule has 0 N–H and O–H groups in total. The van der Waals surface area contributed by atoms with Gasteiger partial charge in [0, 0.05) is 40.9 Å². The average molecular weight is 499 g/mol. The lowest BCUT2D eigenvalue weighted by molar-refractivity contribution is 0.161. The summed E-state index contributed by atoms with van der Waals surface area (Å²) in [7, 11) is 0. The Morgan fingerprint density at radius 3 is 1.19 bits per heavy atom. The molecule has 0 saturated carbocycles. The number of ether oxygens (including phenoxy) is 1. The van der Waals surface area contributed by atoms with Crippen LogP contribution in [0.15, 0.2) is 59.3 Å². The zero-order valence-corrected chi connectivity index (χ0v) is 25.2. The second kappa shape index (κ2) is 9.42. The van der Waals surface area contributed by atoms with E-state index in [1.54, 1.807) is 0 Å². The van der Waals surface area contributed by atoms with Gasteiger partial charge in [-0.05, 0) is 75.9 Å². The van der Waals surface area contributed by atoms with Crippen molar-refractivity contribution >= 4 is 11.4 Å². The van der Waals surface area contributed by atoms with Gasteiger partial charge in [-0.15, -0.1) is 0 Å². The van der Waals surface area contributed by atoms with Crippen LogP contribution < -0.4 is 9.80 Å². The summed E-state index contributed by atoms with van der Waals surface area (Å²) in [6, 6.07) is 9.25. The van der Waals surface area contributed by atoms with Gasteiger partial charge in [0.1, 0.15) is 17.3 Å². The van der Waals surface area contributed by atoms with Gasteiger partial charge in [0.05, 0.1) is 0 Å². The smallest absolute Gasteiger partial charge is 0.121 e. The predicted octanol–water partition coefficient (Wildman–Crippen LogP) is 8.97. The van der Waals surface area contributed by atoms with Crippen molar-refractivity contribution < 1.29 is 4.74 Å². The van der Waals surface area contributed by atoms with Gasteiger partial charge in [0.15, 0.2) is 0 Å². The summed E-state index contributed by atoms with van der Waals surface area (Å²) in [5, 5.41) is 0. The normalized spacial score (nSPS) is 16.8. The van der Waals surface area contributed by atoms with Crippen molar-refractivity contribution in [2.75, 3.05) is 22.9 Å². The Hall–Kier alpha value is -2.94. The van der Waals surface area contributed by atoms with Gasteiger partial charge in [-0.2, -0.15) is 0 Å². The second-order valence-corrected chi connectivity index (χ2v) is 13.2. The van der Waals surface area contributed by atoms with Gasteiger partial charge in [-0.3, -0.25) is 0 Å². The van der Waals surface area contributed by atoms with E-state index in [0.717, 1.165) is 24.6 Å². The van der Waals surface area contributed by atoms with Crippen LogP contribution in [0.3, 0.4) is 0 Å². The highest BCUT2D eigenvalue weighted by molar-refractivity contribution is 5.75. The number of hydrogen-bond donors (Lipinski definition) is 0. The molecular formula is C34H46N2O. The largest absolute Gasteiger partial charge is 0.465 e. The first-order valence-electron chi connectivity index (χ1n) is 13.6. The van der Waals surface area contributed by atoms with Gasteiger partial charge in [-0.1, -0.05) is 76.9 Å².